The van der Waals surface area contributed by atoms with Gasteiger partial charge in [-0.25, -0.2) is 9.37 Å². The zero-order valence-corrected chi connectivity index (χ0v) is 17.3. The van der Waals surface area contributed by atoms with E-state index in [1.54, 1.807) is 22.9 Å². The molecule has 1 fully saturated rings. The van der Waals surface area contributed by atoms with Crippen molar-refractivity contribution >= 4 is 17.3 Å². The number of amides is 1. The summed E-state index contributed by atoms with van der Waals surface area (Å²) in [6, 6.07) is 2.86. The molecule has 0 unspecified atom stereocenters. The second kappa shape index (κ2) is 9.03. The Morgan fingerprint density at radius 3 is 2.90 bits per heavy atom. The lowest BCUT2D eigenvalue weighted by Gasteiger charge is -2.30. The first-order valence-electron chi connectivity index (χ1n) is 10.0. The van der Waals surface area contributed by atoms with Gasteiger partial charge >= 0.3 is 0 Å². The summed E-state index contributed by atoms with van der Waals surface area (Å²) < 4.78 is 15.2. The van der Waals surface area contributed by atoms with E-state index >= 15 is 0 Å². The van der Waals surface area contributed by atoms with Crippen molar-refractivity contribution in [3.63, 3.8) is 0 Å². The smallest absolute Gasteiger partial charge is 0.245 e. The topological polar surface area (TPSA) is 53.2 Å². The van der Waals surface area contributed by atoms with Crippen LogP contribution in [-0.2, 0) is 4.79 Å². The van der Waals surface area contributed by atoms with E-state index in [4.69, 9.17) is 0 Å². The summed E-state index contributed by atoms with van der Waals surface area (Å²) in [6.07, 6.45) is 8.38. The minimum atomic E-state index is -0.327. The summed E-state index contributed by atoms with van der Waals surface area (Å²) in [5.41, 5.74) is 2.88. The Morgan fingerprint density at radius 2 is 2.17 bits per heavy atom. The number of aliphatic imine (C=N–C) groups is 1. The number of fused-ring (bicyclic) bond motifs is 1. The largest absolute Gasteiger partial charge is 0.360 e. The highest BCUT2D eigenvalue weighted by atomic mass is 19.1. The van der Waals surface area contributed by atoms with Gasteiger partial charge in [-0.05, 0) is 51.8 Å². The number of halogens is 1. The van der Waals surface area contributed by atoms with Crippen molar-refractivity contribution in [2.45, 2.75) is 39.7 Å². The van der Waals surface area contributed by atoms with Gasteiger partial charge in [0.25, 0.3) is 0 Å². The van der Waals surface area contributed by atoms with Gasteiger partial charge in [-0.1, -0.05) is 6.58 Å². The first-order valence-corrected chi connectivity index (χ1v) is 10.0. The first kappa shape index (κ1) is 20.8. The van der Waals surface area contributed by atoms with Crippen LogP contribution >= 0.6 is 0 Å². The van der Waals surface area contributed by atoms with Crippen molar-refractivity contribution in [3.8, 4) is 0 Å². The van der Waals surface area contributed by atoms with Crippen LogP contribution in [0.15, 0.2) is 54.1 Å². The molecule has 1 amide bonds. The molecule has 6 nitrogen and oxygen atoms in total. The number of hydrogen-bond donors (Lipinski definition) is 0. The third-order valence-corrected chi connectivity index (χ3v) is 5.36. The predicted octanol–water partition coefficient (Wildman–Crippen LogP) is 3.64. The Bertz CT molecular complexity index is 957. The fraction of sp³-hybridized carbons (Fsp3) is 0.409. The molecule has 0 spiro atoms. The van der Waals surface area contributed by atoms with Crippen LogP contribution in [0.4, 0.5) is 4.39 Å². The molecule has 7 heteroatoms. The van der Waals surface area contributed by atoms with Gasteiger partial charge in [0.05, 0.1) is 17.6 Å². The quantitative estimate of drug-likeness (QED) is 0.529. The highest BCUT2D eigenvalue weighted by Crippen LogP contribution is 2.24. The van der Waals surface area contributed by atoms with Gasteiger partial charge in [0.1, 0.15) is 17.5 Å². The standard InChI is InChI=1S/C22H28FN5O/c1-5-26(6-2)22(29)19-8-7-13-27(19)16(3)11-12-24-17(4)20-14-25-21-10-9-18(23)15-28(20)21/h9-12,14-15,19H,3,5-8,13H2,1-2,4H3/b12-11-,24-17?/t19-/m1/s1. The van der Waals surface area contributed by atoms with Crippen molar-refractivity contribution in [1.82, 2.24) is 19.2 Å². The van der Waals surface area contributed by atoms with Gasteiger partial charge in [-0.3, -0.25) is 14.2 Å². The molecular weight excluding hydrogens is 369 g/mol. The molecule has 3 rings (SSSR count). The van der Waals surface area contributed by atoms with Crippen LogP contribution in [0, 0.1) is 5.82 Å². The maximum atomic E-state index is 13.5. The van der Waals surface area contributed by atoms with E-state index in [9.17, 15) is 9.18 Å². The lowest BCUT2D eigenvalue weighted by atomic mass is 10.2. The molecule has 0 bridgehead atoms. The number of aromatic nitrogens is 2. The molecular formula is C22H28FN5O. The lowest BCUT2D eigenvalue weighted by molar-refractivity contribution is -0.134. The summed E-state index contributed by atoms with van der Waals surface area (Å²) in [4.78, 5) is 25.4. The zero-order chi connectivity index (χ0) is 21.0. The van der Waals surface area contributed by atoms with Crippen LogP contribution in [-0.4, -0.2) is 56.5 Å². The third-order valence-electron chi connectivity index (χ3n) is 5.36. The van der Waals surface area contributed by atoms with E-state index in [0.717, 1.165) is 30.8 Å². The molecule has 1 aliphatic heterocycles. The molecule has 1 atom stereocenters. The molecule has 1 saturated heterocycles. The van der Waals surface area contributed by atoms with Gasteiger partial charge in [0, 0.05) is 37.7 Å². The molecule has 0 N–H and O–H groups in total. The van der Waals surface area contributed by atoms with Gasteiger partial charge in [-0.15, -0.1) is 0 Å². The van der Waals surface area contributed by atoms with Crippen molar-refractivity contribution < 1.29 is 9.18 Å². The van der Waals surface area contributed by atoms with Crippen LogP contribution in [0.2, 0.25) is 0 Å². The van der Waals surface area contributed by atoms with Crippen LogP contribution in [0.25, 0.3) is 5.65 Å². The Balaban J connectivity index is 1.72. The molecule has 154 valence electrons. The number of imidazole rings is 1. The molecule has 29 heavy (non-hydrogen) atoms. The van der Waals surface area contributed by atoms with E-state index in [-0.39, 0.29) is 17.8 Å². The molecule has 3 heterocycles. The summed E-state index contributed by atoms with van der Waals surface area (Å²) in [5.74, 6) is -0.166. The fourth-order valence-corrected chi connectivity index (χ4v) is 3.73. The summed E-state index contributed by atoms with van der Waals surface area (Å²) in [7, 11) is 0. The van der Waals surface area contributed by atoms with E-state index < -0.39 is 0 Å². The molecule has 2 aromatic rings. The SMILES string of the molecule is C=C(/C=C\N=C(C)c1cnc2ccc(F)cn12)N1CCC[C@@H]1C(=O)N(CC)CC. The summed E-state index contributed by atoms with van der Waals surface area (Å²) in [6.45, 7) is 12.2. The van der Waals surface area contributed by atoms with Gasteiger partial charge < -0.3 is 9.80 Å². The number of likely N-dealkylation sites (N-methyl/N-ethyl adjacent to an activating group) is 1. The predicted molar refractivity (Wildman–Crippen MR) is 113 cm³/mol. The molecule has 0 radical (unpaired) electrons. The zero-order valence-electron chi connectivity index (χ0n) is 17.3. The average molecular weight is 397 g/mol. The second-order valence-electron chi connectivity index (χ2n) is 7.10. The Labute approximate surface area is 171 Å². The maximum Gasteiger partial charge on any atom is 0.245 e. The lowest BCUT2D eigenvalue weighted by Crippen LogP contribution is -2.44. The minimum absolute atomic E-state index is 0.154. The van der Waals surface area contributed by atoms with Crippen molar-refractivity contribution in [2.75, 3.05) is 19.6 Å². The van der Waals surface area contributed by atoms with Crippen LogP contribution in [0.1, 0.15) is 39.3 Å². The van der Waals surface area contributed by atoms with Gasteiger partial charge in [0.15, 0.2) is 0 Å². The van der Waals surface area contributed by atoms with E-state index in [1.807, 2.05) is 31.7 Å². The summed E-state index contributed by atoms with van der Waals surface area (Å²) >= 11 is 0. The highest BCUT2D eigenvalue weighted by Gasteiger charge is 2.32. The minimum Gasteiger partial charge on any atom is -0.360 e. The number of carbonyl (C=O) groups is 1. The number of allylic oxidation sites excluding steroid dienone is 1. The van der Waals surface area contributed by atoms with E-state index in [1.165, 1.54) is 12.3 Å². The van der Waals surface area contributed by atoms with E-state index in [2.05, 4.69) is 21.5 Å². The number of carbonyl (C=O) groups excluding carboxylic acids is 1. The average Bonchev–Trinajstić information content (AvgIpc) is 3.35. The van der Waals surface area contributed by atoms with E-state index in [0.29, 0.717) is 24.4 Å². The molecule has 0 saturated carbocycles. The third kappa shape index (κ3) is 4.39. The van der Waals surface area contributed by atoms with Crippen molar-refractivity contribution in [2.24, 2.45) is 4.99 Å². The monoisotopic (exact) mass is 397 g/mol. The van der Waals surface area contributed by atoms with Crippen LogP contribution in [0.3, 0.4) is 0 Å². The molecule has 0 aromatic carbocycles. The van der Waals surface area contributed by atoms with Gasteiger partial charge in [-0.2, -0.15) is 0 Å². The fourth-order valence-electron chi connectivity index (χ4n) is 3.73. The number of rotatable bonds is 7. The molecule has 2 aromatic heterocycles. The second-order valence-corrected chi connectivity index (χ2v) is 7.10. The van der Waals surface area contributed by atoms with Gasteiger partial charge in [0.2, 0.25) is 5.91 Å². The molecule has 1 aliphatic rings. The number of pyridine rings is 1. The Morgan fingerprint density at radius 1 is 1.41 bits per heavy atom. The normalized spacial score (nSPS) is 17.4. The highest BCUT2D eigenvalue weighted by molar-refractivity contribution is 5.98. The molecule has 0 aliphatic carbocycles. The summed E-state index contributed by atoms with van der Waals surface area (Å²) in [5, 5.41) is 0. The van der Waals surface area contributed by atoms with Crippen LogP contribution in [0.5, 0.6) is 0 Å². The Kier molecular flexibility index (Phi) is 6.46. The van der Waals surface area contributed by atoms with Crippen molar-refractivity contribution in [1.29, 1.82) is 0 Å². The number of likely N-dealkylation sites (tertiary alicyclic amines) is 1. The number of nitrogens with zero attached hydrogens (tertiary/aromatic N) is 5. The van der Waals surface area contributed by atoms with Crippen molar-refractivity contribution in [3.05, 3.63) is 60.6 Å². The maximum absolute atomic E-state index is 13.5. The first-order chi connectivity index (χ1) is 14.0. The Hall–Kier alpha value is -2.96. The van der Waals surface area contributed by atoms with Crippen LogP contribution < -0.4 is 0 Å². The number of hydrogen-bond acceptors (Lipinski definition) is 4.